The van der Waals surface area contributed by atoms with Gasteiger partial charge < -0.3 is 16.0 Å². The number of carbonyl (C=O) groups excluding carboxylic acids is 2. The Morgan fingerprint density at radius 1 is 1.12 bits per heavy atom. The second kappa shape index (κ2) is 7.65. The van der Waals surface area contributed by atoms with Crippen LogP contribution in [0, 0.1) is 5.82 Å². The standard InChI is InChI=1S/C18H17BrFN3O2/c19-13-7-11(8-14(20)9-13)10-21-17(24)12-1-3-15(4-2-12)22-18(25)23-16-5-6-16/h1-4,7-9,16H,5-6,10H2,(H,21,24)(H2,22,23,25). The van der Waals surface area contributed by atoms with E-state index in [0.717, 1.165) is 12.8 Å². The van der Waals surface area contributed by atoms with Crippen molar-refractivity contribution in [2.45, 2.75) is 25.4 Å². The lowest BCUT2D eigenvalue weighted by molar-refractivity contribution is 0.0951. The number of urea groups is 1. The van der Waals surface area contributed by atoms with Gasteiger partial charge in [0.25, 0.3) is 5.91 Å². The van der Waals surface area contributed by atoms with Gasteiger partial charge in [-0.1, -0.05) is 15.9 Å². The average molecular weight is 406 g/mol. The molecule has 0 heterocycles. The van der Waals surface area contributed by atoms with Crippen LogP contribution in [0.2, 0.25) is 0 Å². The minimum absolute atomic E-state index is 0.221. The molecule has 0 unspecified atom stereocenters. The molecule has 0 radical (unpaired) electrons. The maximum atomic E-state index is 13.3. The molecule has 1 aliphatic rings. The molecule has 0 aromatic heterocycles. The Hall–Kier alpha value is -2.41. The predicted octanol–water partition coefficient (Wildman–Crippen LogP) is 3.80. The highest BCUT2D eigenvalue weighted by Gasteiger charge is 2.23. The number of rotatable bonds is 5. The lowest BCUT2D eigenvalue weighted by Gasteiger charge is -2.09. The van der Waals surface area contributed by atoms with E-state index in [2.05, 4.69) is 31.9 Å². The summed E-state index contributed by atoms with van der Waals surface area (Å²) in [5.74, 6) is -0.632. The van der Waals surface area contributed by atoms with E-state index in [-0.39, 0.29) is 30.3 Å². The molecule has 2 aromatic carbocycles. The third-order valence-electron chi connectivity index (χ3n) is 3.69. The Labute approximate surface area is 153 Å². The minimum Gasteiger partial charge on any atom is -0.348 e. The molecule has 25 heavy (non-hydrogen) atoms. The highest BCUT2D eigenvalue weighted by molar-refractivity contribution is 9.10. The average Bonchev–Trinajstić information content (AvgIpc) is 3.36. The third-order valence-corrected chi connectivity index (χ3v) is 4.15. The Morgan fingerprint density at radius 3 is 2.48 bits per heavy atom. The molecule has 3 amide bonds. The Morgan fingerprint density at radius 2 is 1.84 bits per heavy atom. The Bertz CT molecular complexity index is 771. The lowest BCUT2D eigenvalue weighted by Crippen LogP contribution is -2.30. The molecule has 0 spiro atoms. The molecule has 130 valence electrons. The fourth-order valence-electron chi connectivity index (χ4n) is 2.28. The van der Waals surface area contributed by atoms with Crippen molar-refractivity contribution in [3.05, 3.63) is 63.9 Å². The van der Waals surface area contributed by atoms with Crippen LogP contribution in [0.15, 0.2) is 46.9 Å². The molecule has 0 saturated heterocycles. The van der Waals surface area contributed by atoms with Crippen LogP contribution in [0.1, 0.15) is 28.8 Å². The van der Waals surface area contributed by atoms with Crippen LogP contribution in [0.4, 0.5) is 14.9 Å². The van der Waals surface area contributed by atoms with Gasteiger partial charge in [0.05, 0.1) is 0 Å². The van der Waals surface area contributed by atoms with Gasteiger partial charge in [-0.15, -0.1) is 0 Å². The summed E-state index contributed by atoms with van der Waals surface area (Å²) in [6, 6.07) is 11.1. The van der Waals surface area contributed by atoms with Gasteiger partial charge in [0.15, 0.2) is 0 Å². The van der Waals surface area contributed by atoms with E-state index >= 15 is 0 Å². The van der Waals surface area contributed by atoms with Crippen LogP contribution in [0.3, 0.4) is 0 Å². The van der Waals surface area contributed by atoms with Crippen LogP contribution in [-0.4, -0.2) is 18.0 Å². The normalized spacial score (nSPS) is 13.2. The van der Waals surface area contributed by atoms with E-state index in [0.29, 0.717) is 21.3 Å². The molecule has 3 N–H and O–H groups in total. The predicted molar refractivity (Wildman–Crippen MR) is 96.9 cm³/mol. The Balaban J connectivity index is 1.53. The first kappa shape index (κ1) is 17.4. The summed E-state index contributed by atoms with van der Waals surface area (Å²) < 4.78 is 13.9. The van der Waals surface area contributed by atoms with Crippen LogP contribution in [0.25, 0.3) is 0 Å². The molecule has 3 rings (SSSR count). The zero-order valence-corrected chi connectivity index (χ0v) is 14.9. The summed E-state index contributed by atoms with van der Waals surface area (Å²) in [6.45, 7) is 0.221. The van der Waals surface area contributed by atoms with E-state index in [1.165, 1.54) is 12.1 Å². The molecule has 0 aliphatic heterocycles. The van der Waals surface area contributed by atoms with Gasteiger partial charge in [-0.25, -0.2) is 9.18 Å². The topological polar surface area (TPSA) is 70.2 Å². The minimum atomic E-state index is -0.362. The zero-order valence-electron chi connectivity index (χ0n) is 13.3. The second-order valence-electron chi connectivity index (χ2n) is 5.91. The molecule has 2 aromatic rings. The van der Waals surface area contributed by atoms with Gasteiger partial charge >= 0.3 is 6.03 Å². The molecule has 7 heteroatoms. The van der Waals surface area contributed by atoms with Crippen molar-refractivity contribution in [3.63, 3.8) is 0 Å². The maximum absolute atomic E-state index is 13.3. The molecule has 1 aliphatic carbocycles. The van der Waals surface area contributed by atoms with Crippen molar-refractivity contribution >= 4 is 33.6 Å². The molecule has 1 fully saturated rings. The van der Waals surface area contributed by atoms with Crippen LogP contribution < -0.4 is 16.0 Å². The molecule has 0 atom stereocenters. The number of halogens is 2. The number of hydrogen-bond donors (Lipinski definition) is 3. The molecular formula is C18H17BrFN3O2. The second-order valence-corrected chi connectivity index (χ2v) is 6.83. The molecule has 5 nitrogen and oxygen atoms in total. The first-order valence-electron chi connectivity index (χ1n) is 7.90. The summed E-state index contributed by atoms with van der Waals surface area (Å²) in [5, 5.41) is 8.28. The van der Waals surface area contributed by atoms with Crippen LogP contribution >= 0.6 is 15.9 Å². The van der Waals surface area contributed by atoms with Crippen molar-refractivity contribution in [1.82, 2.24) is 10.6 Å². The number of carbonyl (C=O) groups is 2. The van der Waals surface area contributed by atoms with Gasteiger partial charge in [-0.2, -0.15) is 0 Å². The van der Waals surface area contributed by atoms with Crippen molar-refractivity contribution in [2.75, 3.05) is 5.32 Å². The molecular weight excluding hydrogens is 389 g/mol. The third kappa shape index (κ3) is 5.29. The number of amides is 3. The number of benzene rings is 2. The SMILES string of the molecule is O=C(Nc1ccc(C(=O)NCc2cc(F)cc(Br)c2)cc1)NC1CC1. The fourth-order valence-corrected chi connectivity index (χ4v) is 2.80. The van der Waals surface area contributed by atoms with Gasteiger partial charge in [0.1, 0.15) is 5.82 Å². The van der Waals surface area contributed by atoms with Crippen LogP contribution in [0.5, 0.6) is 0 Å². The molecule has 1 saturated carbocycles. The van der Waals surface area contributed by atoms with E-state index in [1.54, 1.807) is 30.3 Å². The number of nitrogens with one attached hydrogen (secondary N) is 3. The summed E-state index contributed by atoms with van der Waals surface area (Å²) in [4.78, 5) is 23.8. The van der Waals surface area contributed by atoms with Gasteiger partial charge in [-0.3, -0.25) is 4.79 Å². The van der Waals surface area contributed by atoms with Gasteiger partial charge in [0.2, 0.25) is 0 Å². The van der Waals surface area contributed by atoms with E-state index in [4.69, 9.17) is 0 Å². The maximum Gasteiger partial charge on any atom is 0.319 e. The highest BCUT2D eigenvalue weighted by atomic mass is 79.9. The van der Waals surface area contributed by atoms with E-state index in [9.17, 15) is 14.0 Å². The van der Waals surface area contributed by atoms with Crippen LogP contribution in [-0.2, 0) is 6.54 Å². The monoisotopic (exact) mass is 405 g/mol. The summed E-state index contributed by atoms with van der Waals surface area (Å²) >= 11 is 3.22. The van der Waals surface area contributed by atoms with Crippen molar-refractivity contribution < 1.29 is 14.0 Å². The first-order valence-corrected chi connectivity index (χ1v) is 8.69. The lowest BCUT2D eigenvalue weighted by atomic mass is 10.1. The smallest absolute Gasteiger partial charge is 0.319 e. The van der Waals surface area contributed by atoms with Gasteiger partial charge in [-0.05, 0) is 60.9 Å². The highest BCUT2D eigenvalue weighted by Crippen LogP contribution is 2.19. The first-order chi connectivity index (χ1) is 12.0. The summed E-state index contributed by atoms with van der Waals surface area (Å²) in [5.41, 5.74) is 1.74. The fraction of sp³-hybridized carbons (Fsp3) is 0.222. The zero-order chi connectivity index (χ0) is 17.8. The summed E-state index contributed by atoms with van der Waals surface area (Å²) in [7, 11) is 0. The molecule has 0 bridgehead atoms. The summed E-state index contributed by atoms with van der Waals surface area (Å²) in [6.07, 6.45) is 2.04. The van der Waals surface area contributed by atoms with E-state index in [1.807, 2.05) is 0 Å². The van der Waals surface area contributed by atoms with Crippen molar-refractivity contribution in [1.29, 1.82) is 0 Å². The largest absolute Gasteiger partial charge is 0.348 e. The van der Waals surface area contributed by atoms with Gasteiger partial charge in [0, 0.05) is 28.3 Å². The van der Waals surface area contributed by atoms with E-state index < -0.39 is 0 Å². The number of hydrogen-bond acceptors (Lipinski definition) is 2. The number of anilines is 1. The van der Waals surface area contributed by atoms with Crippen molar-refractivity contribution in [2.24, 2.45) is 0 Å². The van der Waals surface area contributed by atoms with Crippen molar-refractivity contribution in [3.8, 4) is 0 Å². The quantitative estimate of drug-likeness (QED) is 0.707. The Kier molecular flexibility index (Phi) is 5.33.